The molecule has 0 saturated carbocycles. The van der Waals surface area contributed by atoms with E-state index in [0.29, 0.717) is 5.92 Å². The maximum Gasteiger partial charge on any atom is 0.0520 e. The SMILES string of the molecule is C=C/C(=C\NC)c1cnc2c(c1)C(C1=Cc3ccncc3C1C)=CC2. The van der Waals surface area contributed by atoms with Gasteiger partial charge in [0.1, 0.15) is 0 Å². The summed E-state index contributed by atoms with van der Waals surface area (Å²) in [6, 6.07) is 4.33. The zero-order valence-electron chi connectivity index (χ0n) is 14.6. The Hall–Kier alpha value is -2.94. The fourth-order valence-corrected chi connectivity index (χ4v) is 3.73. The van der Waals surface area contributed by atoms with E-state index in [-0.39, 0.29) is 0 Å². The summed E-state index contributed by atoms with van der Waals surface area (Å²) in [6.07, 6.45) is 15.1. The Balaban J connectivity index is 1.76. The van der Waals surface area contributed by atoms with E-state index < -0.39 is 0 Å². The summed E-state index contributed by atoms with van der Waals surface area (Å²) < 4.78 is 0. The van der Waals surface area contributed by atoms with Crippen LogP contribution in [0.4, 0.5) is 0 Å². The molecule has 1 atom stereocenters. The van der Waals surface area contributed by atoms with Crippen molar-refractivity contribution >= 4 is 17.2 Å². The quantitative estimate of drug-likeness (QED) is 0.848. The van der Waals surface area contributed by atoms with Gasteiger partial charge in [0.25, 0.3) is 0 Å². The second kappa shape index (κ2) is 6.17. The smallest absolute Gasteiger partial charge is 0.0520 e. The van der Waals surface area contributed by atoms with Crippen molar-refractivity contribution in [1.29, 1.82) is 0 Å². The van der Waals surface area contributed by atoms with E-state index in [4.69, 9.17) is 4.98 Å². The number of rotatable bonds is 4. The fourth-order valence-electron chi connectivity index (χ4n) is 3.73. The molecule has 1 N–H and O–H groups in total. The lowest BCUT2D eigenvalue weighted by molar-refractivity contribution is 0.941. The lowest BCUT2D eigenvalue weighted by Gasteiger charge is -2.14. The first-order valence-corrected chi connectivity index (χ1v) is 8.58. The van der Waals surface area contributed by atoms with Crippen molar-refractivity contribution in [3.63, 3.8) is 0 Å². The Morgan fingerprint density at radius 2 is 2.24 bits per heavy atom. The van der Waals surface area contributed by atoms with Gasteiger partial charge in [-0.3, -0.25) is 9.97 Å². The molecule has 25 heavy (non-hydrogen) atoms. The molecule has 0 aromatic carbocycles. The first-order chi connectivity index (χ1) is 12.2. The van der Waals surface area contributed by atoms with Crippen LogP contribution in [-0.2, 0) is 6.42 Å². The molecule has 2 aromatic heterocycles. The van der Waals surface area contributed by atoms with Crippen LogP contribution in [-0.4, -0.2) is 17.0 Å². The summed E-state index contributed by atoms with van der Waals surface area (Å²) in [6.45, 7) is 6.17. The van der Waals surface area contributed by atoms with Crippen LogP contribution in [0, 0.1) is 0 Å². The molecule has 3 heteroatoms. The van der Waals surface area contributed by atoms with Crippen molar-refractivity contribution in [1.82, 2.24) is 15.3 Å². The lowest BCUT2D eigenvalue weighted by Crippen LogP contribution is -1.99. The molecule has 0 aliphatic heterocycles. The Bertz CT molecular complexity index is 947. The Morgan fingerprint density at radius 3 is 3.00 bits per heavy atom. The molecular weight excluding hydrogens is 306 g/mol. The molecule has 124 valence electrons. The van der Waals surface area contributed by atoms with Crippen molar-refractivity contribution < 1.29 is 0 Å². The number of hydrogen-bond acceptors (Lipinski definition) is 3. The van der Waals surface area contributed by atoms with Gasteiger partial charge in [-0.05, 0) is 40.0 Å². The van der Waals surface area contributed by atoms with Gasteiger partial charge in [-0.25, -0.2) is 0 Å². The minimum absolute atomic E-state index is 0.358. The van der Waals surface area contributed by atoms with E-state index in [1.54, 1.807) is 0 Å². The minimum Gasteiger partial charge on any atom is -0.393 e. The van der Waals surface area contributed by atoms with Gasteiger partial charge in [-0.2, -0.15) is 0 Å². The van der Waals surface area contributed by atoms with Crippen LogP contribution in [0.5, 0.6) is 0 Å². The molecule has 2 aliphatic rings. The Morgan fingerprint density at radius 1 is 1.36 bits per heavy atom. The van der Waals surface area contributed by atoms with Crippen molar-refractivity contribution in [3.05, 3.63) is 89.2 Å². The van der Waals surface area contributed by atoms with Gasteiger partial charge < -0.3 is 5.32 Å². The lowest BCUT2D eigenvalue weighted by atomic mass is 9.90. The molecule has 2 aliphatic carbocycles. The summed E-state index contributed by atoms with van der Waals surface area (Å²) in [4.78, 5) is 8.99. The van der Waals surface area contributed by atoms with Crippen LogP contribution in [0.15, 0.2) is 61.2 Å². The van der Waals surface area contributed by atoms with E-state index in [1.807, 2.05) is 37.9 Å². The van der Waals surface area contributed by atoms with E-state index in [2.05, 4.69) is 48.1 Å². The summed E-state index contributed by atoms with van der Waals surface area (Å²) >= 11 is 0. The highest BCUT2D eigenvalue weighted by atomic mass is 14.8. The van der Waals surface area contributed by atoms with Crippen molar-refractivity contribution in [3.8, 4) is 0 Å². The predicted molar refractivity (Wildman–Crippen MR) is 104 cm³/mol. The summed E-state index contributed by atoms with van der Waals surface area (Å²) in [5, 5.41) is 3.08. The predicted octanol–water partition coefficient (Wildman–Crippen LogP) is 4.36. The molecule has 0 bridgehead atoms. The van der Waals surface area contributed by atoms with E-state index in [0.717, 1.165) is 23.3 Å². The number of allylic oxidation sites excluding steroid dienone is 5. The minimum atomic E-state index is 0.358. The number of aromatic nitrogens is 2. The first-order valence-electron chi connectivity index (χ1n) is 8.58. The molecule has 0 spiro atoms. The molecule has 0 saturated heterocycles. The largest absolute Gasteiger partial charge is 0.393 e. The van der Waals surface area contributed by atoms with Crippen LogP contribution in [0.2, 0.25) is 0 Å². The topological polar surface area (TPSA) is 37.8 Å². The summed E-state index contributed by atoms with van der Waals surface area (Å²) in [7, 11) is 1.89. The van der Waals surface area contributed by atoms with Gasteiger partial charge in [-0.1, -0.05) is 31.7 Å². The highest BCUT2D eigenvalue weighted by Crippen LogP contribution is 2.45. The monoisotopic (exact) mass is 327 g/mol. The summed E-state index contributed by atoms with van der Waals surface area (Å²) in [5.41, 5.74) is 9.76. The second-order valence-electron chi connectivity index (χ2n) is 6.46. The molecular formula is C22H21N3. The van der Waals surface area contributed by atoms with Gasteiger partial charge in [0.2, 0.25) is 0 Å². The van der Waals surface area contributed by atoms with Gasteiger partial charge >= 0.3 is 0 Å². The van der Waals surface area contributed by atoms with Crippen LogP contribution < -0.4 is 5.32 Å². The van der Waals surface area contributed by atoms with Gasteiger partial charge in [-0.15, -0.1) is 0 Å². The third-order valence-corrected chi connectivity index (χ3v) is 5.06. The Labute approximate surface area is 148 Å². The first kappa shape index (κ1) is 15.6. The van der Waals surface area contributed by atoms with Crippen molar-refractivity contribution in [2.24, 2.45) is 0 Å². The van der Waals surface area contributed by atoms with Gasteiger partial charge in [0.05, 0.1) is 5.69 Å². The van der Waals surface area contributed by atoms with Crippen LogP contribution >= 0.6 is 0 Å². The van der Waals surface area contributed by atoms with Crippen molar-refractivity contribution in [2.45, 2.75) is 19.3 Å². The summed E-state index contributed by atoms with van der Waals surface area (Å²) in [5.74, 6) is 0.358. The van der Waals surface area contributed by atoms with E-state index in [9.17, 15) is 0 Å². The van der Waals surface area contributed by atoms with Crippen LogP contribution in [0.25, 0.3) is 17.2 Å². The maximum atomic E-state index is 4.70. The number of nitrogens with zero attached hydrogens (tertiary/aromatic N) is 2. The standard InChI is InChI=1S/C22H21N3/c1-4-15(11-23-3)17-10-20-18(5-6-22(20)25-12-17)19-9-16-7-8-24-13-21(16)14(19)2/h4-5,7-14,23H,1,6H2,2-3H3/b15-11+. The normalized spacial score (nSPS) is 18.3. The third-order valence-electron chi connectivity index (χ3n) is 5.06. The van der Waals surface area contributed by atoms with Gasteiger partial charge in [0, 0.05) is 55.3 Å². The fraction of sp³-hybridized carbons (Fsp3) is 0.182. The average molecular weight is 327 g/mol. The van der Waals surface area contributed by atoms with Gasteiger partial charge in [0.15, 0.2) is 0 Å². The van der Waals surface area contributed by atoms with E-state index in [1.165, 1.54) is 27.8 Å². The third kappa shape index (κ3) is 2.52. The maximum absolute atomic E-state index is 4.70. The molecule has 1 unspecified atom stereocenters. The zero-order valence-corrected chi connectivity index (χ0v) is 14.6. The van der Waals surface area contributed by atoms with Crippen molar-refractivity contribution in [2.75, 3.05) is 7.05 Å². The molecule has 4 rings (SSSR count). The number of pyridine rings is 2. The number of nitrogens with one attached hydrogen (secondary N) is 1. The molecule has 3 nitrogen and oxygen atoms in total. The zero-order chi connectivity index (χ0) is 17.4. The molecule has 0 radical (unpaired) electrons. The average Bonchev–Trinajstić information content (AvgIpc) is 3.20. The molecule has 2 aromatic rings. The number of hydrogen-bond donors (Lipinski definition) is 1. The van der Waals surface area contributed by atoms with E-state index >= 15 is 0 Å². The molecule has 2 heterocycles. The number of fused-ring (bicyclic) bond motifs is 2. The molecule has 0 amide bonds. The highest BCUT2D eigenvalue weighted by Gasteiger charge is 2.28. The highest BCUT2D eigenvalue weighted by molar-refractivity contribution is 5.92. The van der Waals surface area contributed by atoms with Crippen LogP contribution in [0.1, 0.15) is 40.8 Å². The second-order valence-corrected chi connectivity index (χ2v) is 6.46. The Kier molecular flexibility index (Phi) is 3.85. The van der Waals surface area contributed by atoms with Crippen LogP contribution in [0.3, 0.4) is 0 Å². The molecule has 0 fully saturated rings.